The van der Waals surface area contributed by atoms with Gasteiger partial charge in [-0.05, 0) is 35.7 Å². The number of hydrogen-bond acceptors (Lipinski definition) is 8. The molecule has 5 rings (SSSR count). The predicted octanol–water partition coefficient (Wildman–Crippen LogP) is 2.10. The van der Waals surface area contributed by atoms with E-state index < -0.39 is 36.3 Å². The fraction of sp³-hybridized carbons (Fsp3) is 0.345. The summed E-state index contributed by atoms with van der Waals surface area (Å²) < 4.78 is 5.73. The van der Waals surface area contributed by atoms with Crippen LogP contribution in [0.1, 0.15) is 38.5 Å². The van der Waals surface area contributed by atoms with Crippen LogP contribution in [-0.2, 0) is 17.8 Å². The van der Waals surface area contributed by atoms with E-state index >= 15 is 0 Å². The minimum absolute atomic E-state index is 0.00731. The molecule has 232 valence electrons. The van der Waals surface area contributed by atoms with E-state index in [0.29, 0.717) is 29.7 Å². The molecule has 0 saturated carbocycles. The average molecular weight is 646 g/mol. The molecule has 1 unspecified atom stereocenters. The van der Waals surface area contributed by atoms with Gasteiger partial charge >= 0.3 is 5.97 Å². The van der Waals surface area contributed by atoms with Gasteiger partial charge in [0.15, 0.2) is 5.76 Å². The molecule has 3 aromatic rings. The van der Waals surface area contributed by atoms with Crippen LogP contribution in [0.3, 0.4) is 0 Å². The second kappa shape index (κ2) is 13.3. The summed E-state index contributed by atoms with van der Waals surface area (Å²) in [6, 6.07) is 9.11. The number of para-hydroxylation sites is 1. The highest BCUT2D eigenvalue weighted by atomic mass is 35.5. The van der Waals surface area contributed by atoms with Gasteiger partial charge < -0.3 is 34.9 Å². The van der Waals surface area contributed by atoms with E-state index in [2.05, 4.69) is 15.6 Å². The van der Waals surface area contributed by atoms with Crippen molar-refractivity contribution in [1.29, 1.82) is 5.41 Å². The summed E-state index contributed by atoms with van der Waals surface area (Å²) in [6.45, 7) is 0.290. The number of carbonyl (C=O) groups is 3. The lowest BCUT2D eigenvalue weighted by molar-refractivity contribution is -0.139. The molecule has 2 amide bonds. The van der Waals surface area contributed by atoms with Gasteiger partial charge in [-0.3, -0.25) is 20.3 Å². The van der Waals surface area contributed by atoms with Gasteiger partial charge in [0.1, 0.15) is 24.1 Å². The van der Waals surface area contributed by atoms with Crippen LogP contribution in [0.4, 0.5) is 0 Å². The second-order valence-corrected chi connectivity index (χ2v) is 11.4. The first-order chi connectivity index (χ1) is 21.1. The molecule has 3 heterocycles. The summed E-state index contributed by atoms with van der Waals surface area (Å²) in [7, 11) is 0. The molecule has 0 radical (unpaired) electrons. The van der Waals surface area contributed by atoms with Crippen molar-refractivity contribution in [2.24, 2.45) is 4.99 Å². The van der Waals surface area contributed by atoms with Crippen LogP contribution in [0, 0.1) is 5.41 Å². The number of nitrogens with one attached hydrogen (secondary N) is 3. The van der Waals surface area contributed by atoms with Crippen molar-refractivity contribution in [3.8, 4) is 0 Å². The smallest absolute Gasteiger partial charge is 0.327 e. The lowest BCUT2D eigenvalue weighted by Gasteiger charge is -2.40. The number of carboxylic acid groups (broad SMARTS) is 1. The lowest BCUT2D eigenvalue weighted by Crippen LogP contribution is -2.61. The largest absolute Gasteiger partial charge is 0.480 e. The Morgan fingerprint density at radius 3 is 2.70 bits per heavy atom. The van der Waals surface area contributed by atoms with Gasteiger partial charge in [-0.25, -0.2) is 9.79 Å². The minimum atomic E-state index is -1.44. The molecule has 6 N–H and O–H groups in total. The number of amides is 2. The number of nitrogens with zero attached hydrogens (tertiary/aromatic N) is 3. The number of piperidine rings is 1. The molecule has 2 aliphatic heterocycles. The van der Waals surface area contributed by atoms with Crippen molar-refractivity contribution in [2.75, 3.05) is 19.6 Å². The number of fused-ring (bicyclic) bond motifs is 2. The number of furan rings is 1. The summed E-state index contributed by atoms with van der Waals surface area (Å²) >= 11 is 13.2. The Kier molecular flexibility index (Phi) is 9.51. The first-order valence-electron chi connectivity index (χ1n) is 13.8. The predicted molar refractivity (Wildman–Crippen MR) is 162 cm³/mol. The van der Waals surface area contributed by atoms with Crippen LogP contribution in [0.15, 0.2) is 45.8 Å². The van der Waals surface area contributed by atoms with Crippen molar-refractivity contribution in [1.82, 2.24) is 20.4 Å². The van der Waals surface area contributed by atoms with Gasteiger partial charge in [0.2, 0.25) is 0 Å². The highest BCUT2D eigenvalue weighted by Gasteiger charge is 2.35. The number of carbonyl (C=O) groups excluding carboxylic acids is 2. The molecule has 2 aromatic carbocycles. The van der Waals surface area contributed by atoms with Gasteiger partial charge in [0, 0.05) is 38.0 Å². The van der Waals surface area contributed by atoms with Crippen LogP contribution in [0.5, 0.6) is 0 Å². The molecule has 2 aliphatic rings. The molecular formula is C29H30Cl2N6O7. The Bertz CT molecular complexity index is 1600. The van der Waals surface area contributed by atoms with E-state index in [4.69, 9.17) is 33.0 Å². The van der Waals surface area contributed by atoms with Crippen LogP contribution < -0.4 is 10.6 Å². The van der Waals surface area contributed by atoms with E-state index in [9.17, 15) is 29.7 Å². The van der Waals surface area contributed by atoms with Crippen LogP contribution in [-0.4, -0.2) is 99.6 Å². The summed E-state index contributed by atoms with van der Waals surface area (Å²) in [5, 5.41) is 43.6. The van der Waals surface area contributed by atoms with E-state index in [1.807, 2.05) is 18.2 Å². The van der Waals surface area contributed by atoms with Gasteiger partial charge in [-0.2, -0.15) is 0 Å². The first kappa shape index (κ1) is 31.4. The normalized spacial score (nSPS) is 20.9. The van der Waals surface area contributed by atoms with Crippen molar-refractivity contribution in [2.45, 2.75) is 43.8 Å². The van der Waals surface area contributed by atoms with E-state index in [1.54, 1.807) is 23.1 Å². The number of likely N-dealkylation sites (tertiary alicyclic amines) is 1. The molecule has 44 heavy (non-hydrogen) atoms. The average Bonchev–Trinajstić information content (AvgIpc) is 3.42. The maximum atomic E-state index is 13.3. The third-order valence-electron chi connectivity index (χ3n) is 7.64. The zero-order chi connectivity index (χ0) is 31.5. The van der Waals surface area contributed by atoms with E-state index in [1.165, 1.54) is 11.2 Å². The number of halogens is 2. The quantitative estimate of drug-likeness (QED) is 0.149. The minimum Gasteiger partial charge on any atom is -0.480 e. The van der Waals surface area contributed by atoms with Crippen molar-refractivity contribution in [3.63, 3.8) is 0 Å². The molecule has 1 fully saturated rings. The highest BCUT2D eigenvalue weighted by Crippen LogP contribution is 2.35. The number of aliphatic hydroxyl groups is 2. The van der Waals surface area contributed by atoms with Crippen molar-refractivity contribution >= 4 is 64.6 Å². The Labute approximate surface area is 261 Å². The van der Waals surface area contributed by atoms with Gasteiger partial charge in [-0.1, -0.05) is 41.4 Å². The number of hydrogen-bond donors (Lipinski definition) is 6. The monoisotopic (exact) mass is 644 g/mol. The topological polar surface area (TPSA) is 192 Å². The molecule has 1 saturated heterocycles. The lowest BCUT2D eigenvalue weighted by atomic mass is 9.96. The molecule has 4 atom stereocenters. The maximum absolute atomic E-state index is 13.3. The summed E-state index contributed by atoms with van der Waals surface area (Å²) in [4.78, 5) is 45.3. The van der Waals surface area contributed by atoms with E-state index in [-0.39, 0.29) is 53.3 Å². The molecule has 0 spiro atoms. The van der Waals surface area contributed by atoms with Crippen LogP contribution in [0.2, 0.25) is 10.0 Å². The molecular weight excluding hydrogens is 615 g/mol. The van der Waals surface area contributed by atoms with Gasteiger partial charge in [0.25, 0.3) is 11.8 Å². The number of carboxylic acids is 1. The molecule has 15 heteroatoms. The summed E-state index contributed by atoms with van der Waals surface area (Å²) in [6.07, 6.45) is -0.349. The van der Waals surface area contributed by atoms with Crippen LogP contribution in [0.25, 0.3) is 11.0 Å². The SMILES string of the molecule is N=CN=CN1C[C@H](O)C[C@H](O)C1NC[C@H](NC(=O)c1c(Cl)cc2c(c1Cl)CCN(C(=O)c1cc3ccccc3o1)C2)C(=O)O. The van der Waals surface area contributed by atoms with Gasteiger partial charge in [0.05, 0.1) is 34.2 Å². The maximum Gasteiger partial charge on any atom is 0.327 e. The number of rotatable bonds is 9. The Morgan fingerprint density at radius 2 is 1.98 bits per heavy atom. The first-order valence-corrected chi connectivity index (χ1v) is 14.5. The molecule has 0 bridgehead atoms. The number of aliphatic hydroxyl groups excluding tert-OH is 2. The zero-order valence-corrected chi connectivity index (χ0v) is 24.8. The Balaban J connectivity index is 1.28. The Hall–Kier alpha value is -4.01. The van der Waals surface area contributed by atoms with Crippen molar-refractivity contribution < 1.29 is 34.1 Å². The number of aliphatic imine (C=N–C) groups is 1. The third kappa shape index (κ3) is 6.56. The zero-order valence-electron chi connectivity index (χ0n) is 23.2. The third-order valence-corrected chi connectivity index (χ3v) is 8.35. The summed E-state index contributed by atoms with van der Waals surface area (Å²) in [5.74, 6) is -2.24. The Morgan fingerprint density at radius 1 is 1.20 bits per heavy atom. The fourth-order valence-electron chi connectivity index (χ4n) is 5.50. The second-order valence-electron chi connectivity index (χ2n) is 10.6. The number of β-amino-alcohol motifs (C(OH)–C–C–N with tert-alkyl or cyclic N) is 1. The number of benzene rings is 2. The van der Waals surface area contributed by atoms with Crippen LogP contribution >= 0.6 is 23.2 Å². The molecule has 0 aliphatic carbocycles. The number of aliphatic carboxylic acids is 1. The summed E-state index contributed by atoms with van der Waals surface area (Å²) in [5.41, 5.74) is 1.80. The van der Waals surface area contributed by atoms with E-state index in [0.717, 1.165) is 11.7 Å². The highest BCUT2D eigenvalue weighted by molar-refractivity contribution is 6.40. The standard InChI is InChI=1S/C29H30Cl2N6O7/c30-19-7-16-11-36(28(41)23-8-15-3-1-2-4-22(15)44-23)6-5-18(16)25(31)24(19)27(40)35-20(29(42)43)10-34-26-21(39)9-17(38)12-37(26)14-33-13-32/h1-4,7-8,13-14,17,20-21,26,32,34,38-39H,5-6,9-12H2,(H,35,40)(H,42,43)/t17-,20+,21+,26?/m1/s1. The molecule has 1 aromatic heterocycles. The van der Waals surface area contributed by atoms with Crippen molar-refractivity contribution in [3.05, 3.63) is 68.9 Å². The fourth-order valence-corrected chi connectivity index (χ4v) is 6.26. The molecule has 13 nitrogen and oxygen atoms in total. The van der Waals surface area contributed by atoms with Gasteiger partial charge in [-0.15, -0.1) is 0 Å².